The number of rotatable bonds is 14. The zero-order valence-electron chi connectivity index (χ0n) is 24.0. The van der Waals surface area contributed by atoms with Crippen molar-refractivity contribution in [1.29, 1.82) is 0 Å². The van der Waals surface area contributed by atoms with Crippen molar-refractivity contribution < 1.29 is 19.4 Å². The number of carboxylic acids is 1. The number of ether oxygens (including phenoxy) is 1. The number of aromatic nitrogens is 2. The summed E-state index contributed by atoms with van der Waals surface area (Å²) in [5.41, 5.74) is 5.27. The highest BCUT2D eigenvalue weighted by Crippen LogP contribution is 2.29. The van der Waals surface area contributed by atoms with Crippen molar-refractivity contribution in [1.82, 2.24) is 19.8 Å². The first kappa shape index (κ1) is 30.7. The summed E-state index contributed by atoms with van der Waals surface area (Å²) in [6.45, 7) is 8.06. The molecule has 2 heterocycles. The SMILES string of the molecule is CC[C@@H](C(=O)N[C@@H](CC(=O)O)c1cncc(-c2c(C)cccc2C)c1)n1cc(CCN(C)CCOC)ccc1=O. The summed E-state index contributed by atoms with van der Waals surface area (Å²) in [5.74, 6) is -1.46. The molecule has 2 atom stereocenters. The molecule has 3 rings (SSSR count). The number of pyridine rings is 2. The number of nitrogens with zero attached hydrogens (tertiary/aromatic N) is 3. The van der Waals surface area contributed by atoms with Gasteiger partial charge in [-0.2, -0.15) is 0 Å². The summed E-state index contributed by atoms with van der Waals surface area (Å²) in [7, 11) is 3.67. The van der Waals surface area contributed by atoms with Crippen LogP contribution in [0.1, 0.15) is 54.1 Å². The number of aryl methyl sites for hydroxylation is 2. The van der Waals surface area contributed by atoms with E-state index in [0.29, 0.717) is 25.0 Å². The van der Waals surface area contributed by atoms with Crippen LogP contribution in [0, 0.1) is 13.8 Å². The average molecular weight is 549 g/mol. The topological polar surface area (TPSA) is 114 Å². The standard InChI is InChI=1S/C31H40N4O5/c1-6-27(35-20-23(10-11-28(35)36)12-13-34(4)14-15-40-5)31(39)33-26(17-29(37)38)24-16-25(19-32-18-24)30-21(2)8-7-9-22(30)3/h7-11,16,18-20,26-27H,6,12-15,17H2,1-5H3,(H,33,39)(H,37,38)/t26-,27-/m0/s1. The van der Waals surface area contributed by atoms with Crippen LogP contribution in [0.25, 0.3) is 11.1 Å². The number of aliphatic carboxylic acids is 1. The number of carbonyl (C=O) groups is 2. The number of likely N-dealkylation sites (N-methyl/N-ethyl adjacent to an activating group) is 1. The molecule has 0 bridgehead atoms. The zero-order valence-corrected chi connectivity index (χ0v) is 24.0. The summed E-state index contributed by atoms with van der Waals surface area (Å²) < 4.78 is 6.57. The molecule has 0 aliphatic heterocycles. The van der Waals surface area contributed by atoms with Gasteiger partial charge >= 0.3 is 5.97 Å². The first-order valence-corrected chi connectivity index (χ1v) is 13.6. The van der Waals surface area contributed by atoms with Gasteiger partial charge in [-0.15, -0.1) is 0 Å². The van der Waals surface area contributed by atoms with Crippen LogP contribution in [0.4, 0.5) is 0 Å². The number of carboxylic acid groups (broad SMARTS) is 1. The highest BCUT2D eigenvalue weighted by atomic mass is 16.5. The van der Waals surface area contributed by atoms with Crippen LogP contribution < -0.4 is 10.9 Å². The minimum atomic E-state index is -1.05. The summed E-state index contributed by atoms with van der Waals surface area (Å²) in [6, 6.07) is 9.55. The fourth-order valence-electron chi connectivity index (χ4n) is 4.88. The van der Waals surface area contributed by atoms with Crippen molar-refractivity contribution in [2.45, 2.75) is 52.1 Å². The molecule has 3 aromatic rings. The van der Waals surface area contributed by atoms with Gasteiger partial charge < -0.3 is 24.6 Å². The minimum Gasteiger partial charge on any atom is -0.481 e. The van der Waals surface area contributed by atoms with E-state index in [1.54, 1.807) is 31.8 Å². The Labute approximate surface area is 235 Å². The second kappa shape index (κ2) is 14.5. The molecule has 0 saturated carbocycles. The molecule has 40 heavy (non-hydrogen) atoms. The first-order valence-electron chi connectivity index (χ1n) is 13.6. The number of hydrogen-bond acceptors (Lipinski definition) is 6. The van der Waals surface area contributed by atoms with Crippen molar-refractivity contribution in [3.05, 3.63) is 87.6 Å². The van der Waals surface area contributed by atoms with E-state index in [1.807, 2.05) is 52.1 Å². The van der Waals surface area contributed by atoms with Gasteiger partial charge in [-0.25, -0.2) is 0 Å². The van der Waals surface area contributed by atoms with Crippen LogP contribution in [0.5, 0.6) is 0 Å². The lowest BCUT2D eigenvalue weighted by Crippen LogP contribution is -2.39. The minimum absolute atomic E-state index is 0.285. The van der Waals surface area contributed by atoms with E-state index < -0.39 is 24.0 Å². The second-order valence-corrected chi connectivity index (χ2v) is 10.2. The van der Waals surface area contributed by atoms with Crippen LogP contribution >= 0.6 is 0 Å². The van der Waals surface area contributed by atoms with Gasteiger partial charge in [-0.1, -0.05) is 31.2 Å². The molecule has 2 N–H and O–H groups in total. The Morgan fingerprint density at radius 1 is 1.12 bits per heavy atom. The van der Waals surface area contributed by atoms with Crippen LogP contribution in [-0.2, 0) is 20.7 Å². The number of carbonyl (C=O) groups excluding carboxylic acids is 1. The first-order chi connectivity index (χ1) is 19.1. The number of benzene rings is 1. The number of methoxy groups -OCH3 is 1. The van der Waals surface area contributed by atoms with Crippen molar-refractivity contribution in [3.8, 4) is 11.1 Å². The number of amides is 1. The van der Waals surface area contributed by atoms with Crippen LogP contribution in [0.2, 0.25) is 0 Å². The summed E-state index contributed by atoms with van der Waals surface area (Å²) in [5, 5.41) is 12.5. The lowest BCUT2D eigenvalue weighted by molar-refractivity contribution is -0.137. The third-order valence-electron chi connectivity index (χ3n) is 7.11. The molecule has 9 heteroatoms. The van der Waals surface area contributed by atoms with Gasteiger partial charge in [0.1, 0.15) is 6.04 Å². The van der Waals surface area contributed by atoms with Crippen LogP contribution in [0.3, 0.4) is 0 Å². The molecule has 0 fully saturated rings. The summed E-state index contributed by atoms with van der Waals surface area (Å²) >= 11 is 0. The third kappa shape index (κ3) is 8.09. The number of nitrogens with one attached hydrogen (secondary N) is 1. The quantitative estimate of drug-likeness (QED) is 0.314. The lowest BCUT2D eigenvalue weighted by Gasteiger charge is -2.24. The molecule has 0 aliphatic carbocycles. The highest BCUT2D eigenvalue weighted by molar-refractivity contribution is 5.81. The van der Waals surface area contributed by atoms with E-state index >= 15 is 0 Å². The van der Waals surface area contributed by atoms with Gasteiger partial charge in [0.25, 0.3) is 5.56 Å². The second-order valence-electron chi connectivity index (χ2n) is 10.2. The molecule has 0 saturated heterocycles. The van der Waals surface area contributed by atoms with E-state index in [1.165, 1.54) is 10.6 Å². The molecular weight excluding hydrogens is 508 g/mol. The van der Waals surface area contributed by atoms with Crippen molar-refractivity contribution >= 4 is 11.9 Å². The van der Waals surface area contributed by atoms with E-state index in [9.17, 15) is 19.5 Å². The summed E-state index contributed by atoms with van der Waals surface area (Å²) in [6.07, 6.45) is 5.81. The third-order valence-corrected chi connectivity index (χ3v) is 7.11. The Bertz CT molecular complexity index is 1350. The van der Waals surface area contributed by atoms with Crippen molar-refractivity contribution in [2.75, 3.05) is 33.9 Å². The number of hydrogen-bond donors (Lipinski definition) is 2. The van der Waals surface area contributed by atoms with E-state index in [4.69, 9.17) is 4.74 Å². The molecule has 9 nitrogen and oxygen atoms in total. The monoisotopic (exact) mass is 548 g/mol. The Kier molecular flexibility index (Phi) is 11.2. The van der Waals surface area contributed by atoms with Gasteiger partial charge in [-0.3, -0.25) is 19.4 Å². The maximum absolute atomic E-state index is 13.5. The average Bonchev–Trinajstić information content (AvgIpc) is 2.92. The Hall–Kier alpha value is -3.82. The molecule has 0 spiro atoms. The molecule has 0 radical (unpaired) electrons. The fourth-order valence-corrected chi connectivity index (χ4v) is 4.88. The molecular formula is C31H40N4O5. The zero-order chi connectivity index (χ0) is 29.2. The van der Waals surface area contributed by atoms with E-state index in [-0.39, 0.29) is 12.0 Å². The predicted octanol–water partition coefficient (Wildman–Crippen LogP) is 3.93. The van der Waals surface area contributed by atoms with Gasteiger partial charge in [0.05, 0.1) is 19.1 Å². The van der Waals surface area contributed by atoms with Gasteiger partial charge in [0.15, 0.2) is 0 Å². The normalized spacial score (nSPS) is 12.8. The molecule has 1 amide bonds. The highest BCUT2D eigenvalue weighted by Gasteiger charge is 2.25. The molecule has 1 aromatic carbocycles. The largest absolute Gasteiger partial charge is 0.481 e. The predicted molar refractivity (Wildman–Crippen MR) is 155 cm³/mol. The molecule has 2 aromatic heterocycles. The Morgan fingerprint density at radius 2 is 1.85 bits per heavy atom. The Morgan fingerprint density at radius 3 is 2.50 bits per heavy atom. The molecule has 0 aliphatic rings. The van der Waals surface area contributed by atoms with Gasteiger partial charge in [0, 0.05) is 50.4 Å². The van der Waals surface area contributed by atoms with E-state index in [0.717, 1.165) is 40.9 Å². The van der Waals surface area contributed by atoms with Crippen LogP contribution in [-0.4, -0.2) is 65.3 Å². The van der Waals surface area contributed by atoms with E-state index in [2.05, 4.69) is 15.2 Å². The maximum atomic E-state index is 13.5. The van der Waals surface area contributed by atoms with Crippen LogP contribution in [0.15, 0.2) is 59.8 Å². The Balaban J connectivity index is 1.86. The molecule has 214 valence electrons. The summed E-state index contributed by atoms with van der Waals surface area (Å²) in [4.78, 5) is 44.6. The lowest BCUT2D eigenvalue weighted by atomic mass is 9.94. The fraction of sp³-hybridized carbons (Fsp3) is 0.419. The van der Waals surface area contributed by atoms with Crippen molar-refractivity contribution in [2.24, 2.45) is 0 Å². The molecule has 0 unspecified atom stereocenters. The van der Waals surface area contributed by atoms with Crippen molar-refractivity contribution in [3.63, 3.8) is 0 Å². The maximum Gasteiger partial charge on any atom is 0.305 e. The smallest absolute Gasteiger partial charge is 0.305 e. The van der Waals surface area contributed by atoms with Gasteiger partial charge in [0.2, 0.25) is 5.91 Å². The van der Waals surface area contributed by atoms with Gasteiger partial charge in [-0.05, 0) is 67.6 Å².